The number of carbonyl (C=O) groups excluding carboxylic acids is 3. The number of ether oxygens (including phenoxy) is 1. The Bertz CT molecular complexity index is 518. The fraction of sp³-hybridized carbons (Fsp3) is 0.706. The summed E-state index contributed by atoms with van der Waals surface area (Å²) in [6, 6.07) is 0. The lowest BCUT2D eigenvalue weighted by atomic mass is 9.98. The van der Waals surface area contributed by atoms with Crippen molar-refractivity contribution in [1.29, 1.82) is 0 Å². The molecule has 25 heavy (non-hydrogen) atoms. The van der Waals surface area contributed by atoms with Gasteiger partial charge < -0.3 is 15.4 Å². The first-order chi connectivity index (χ1) is 12.0. The Balaban J connectivity index is 1.81. The van der Waals surface area contributed by atoms with Crippen molar-refractivity contribution in [2.45, 2.75) is 44.6 Å². The number of carbonyl (C=O) groups is 3. The second-order valence-corrected chi connectivity index (χ2v) is 7.83. The smallest absolute Gasteiger partial charge is 0.414 e. The predicted molar refractivity (Wildman–Crippen MR) is 97.0 cm³/mol. The van der Waals surface area contributed by atoms with E-state index in [1.165, 1.54) is 11.8 Å². The number of amides is 3. The molecule has 2 aliphatic rings. The van der Waals surface area contributed by atoms with Gasteiger partial charge in [-0.05, 0) is 63.9 Å². The van der Waals surface area contributed by atoms with E-state index in [1.807, 2.05) is 6.08 Å². The van der Waals surface area contributed by atoms with Gasteiger partial charge in [-0.15, -0.1) is 11.8 Å². The van der Waals surface area contributed by atoms with Crippen molar-refractivity contribution in [3.05, 3.63) is 12.2 Å². The van der Waals surface area contributed by atoms with Gasteiger partial charge in [0, 0.05) is 0 Å². The summed E-state index contributed by atoms with van der Waals surface area (Å²) in [7, 11) is 0. The van der Waals surface area contributed by atoms with Crippen molar-refractivity contribution in [3.8, 4) is 0 Å². The molecule has 3 amide bonds. The summed E-state index contributed by atoms with van der Waals surface area (Å²) < 4.78 is 4.92. The van der Waals surface area contributed by atoms with Crippen LogP contribution < -0.4 is 16.0 Å². The fourth-order valence-corrected chi connectivity index (χ4v) is 4.22. The molecule has 0 bridgehead atoms. The van der Waals surface area contributed by atoms with Gasteiger partial charge in [-0.1, -0.05) is 6.08 Å². The number of thioether (sulfide) groups is 1. The van der Waals surface area contributed by atoms with Gasteiger partial charge in [0.2, 0.25) is 11.8 Å². The van der Waals surface area contributed by atoms with Crippen LogP contribution in [0.3, 0.4) is 0 Å². The van der Waals surface area contributed by atoms with Crippen molar-refractivity contribution in [2.75, 3.05) is 18.8 Å². The second-order valence-electron chi connectivity index (χ2n) is 6.59. The van der Waals surface area contributed by atoms with E-state index < -0.39 is 17.9 Å². The van der Waals surface area contributed by atoms with E-state index in [-0.39, 0.29) is 17.4 Å². The predicted octanol–water partition coefficient (Wildman–Crippen LogP) is 1.40. The van der Waals surface area contributed by atoms with Gasteiger partial charge >= 0.3 is 6.09 Å². The second kappa shape index (κ2) is 9.82. The molecule has 0 radical (unpaired) electrons. The van der Waals surface area contributed by atoms with Crippen LogP contribution in [0.4, 0.5) is 4.79 Å². The highest BCUT2D eigenvalue weighted by Crippen LogP contribution is 2.30. The van der Waals surface area contributed by atoms with E-state index in [4.69, 9.17) is 4.74 Å². The van der Waals surface area contributed by atoms with Crippen molar-refractivity contribution in [1.82, 2.24) is 16.0 Å². The lowest BCUT2D eigenvalue weighted by Crippen LogP contribution is -2.44. The zero-order valence-corrected chi connectivity index (χ0v) is 15.6. The Morgan fingerprint density at radius 1 is 1.20 bits per heavy atom. The SMILES string of the molecule is CC(C)OC(=O)NC(=O)C1CCSC1NC(=O)/C=C/C1CCNCC1. The number of rotatable bonds is 5. The zero-order chi connectivity index (χ0) is 18.2. The van der Waals surface area contributed by atoms with Crippen molar-refractivity contribution in [3.63, 3.8) is 0 Å². The van der Waals surface area contributed by atoms with E-state index in [0.29, 0.717) is 12.3 Å². The molecule has 3 N–H and O–H groups in total. The highest BCUT2D eigenvalue weighted by atomic mass is 32.2. The molecule has 2 heterocycles. The Morgan fingerprint density at radius 2 is 1.92 bits per heavy atom. The molecule has 0 aliphatic carbocycles. The van der Waals surface area contributed by atoms with Crippen LogP contribution >= 0.6 is 11.8 Å². The van der Waals surface area contributed by atoms with E-state index in [2.05, 4.69) is 16.0 Å². The lowest BCUT2D eigenvalue weighted by Gasteiger charge is -2.20. The van der Waals surface area contributed by atoms with Gasteiger partial charge in [0.15, 0.2) is 0 Å². The van der Waals surface area contributed by atoms with E-state index in [1.54, 1.807) is 19.9 Å². The monoisotopic (exact) mass is 369 g/mol. The average Bonchev–Trinajstić information content (AvgIpc) is 3.01. The standard InChI is InChI=1S/C17H27N3O4S/c1-11(2)24-17(23)20-15(22)13-7-10-25-16(13)19-14(21)4-3-12-5-8-18-9-6-12/h3-4,11-13,16,18H,5-10H2,1-2H3,(H,19,21)(H,20,22,23)/b4-3+. The molecule has 140 valence electrons. The minimum atomic E-state index is -0.743. The first-order valence-electron chi connectivity index (χ1n) is 8.78. The maximum atomic E-state index is 12.2. The van der Waals surface area contributed by atoms with Gasteiger partial charge in [-0.3, -0.25) is 14.9 Å². The first-order valence-corrected chi connectivity index (χ1v) is 9.83. The molecular weight excluding hydrogens is 342 g/mol. The van der Waals surface area contributed by atoms with E-state index >= 15 is 0 Å². The minimum absolute atomic E-state index is 0.194. The summed E-state index contributed by atoms with van der Waals surface area (Å²) >= 11 is 1.52. The fourth-order valence-electron chi connectivity index (χ4n) is 2.89. The molecule has 7 nitrogen and oxygen atoms in total. The molecule has 0 aromatic carbocycles. The van der Waals surface area contributed by atoms with Crippen LogP contribution in [-0.4, -0.2) is 48.2 Å². The van der Waals surface area contributed by atoms with Crippen LogP contribution in [0, 0.1) is 11.8 Å². The number of hydrogen-bond acceptors (Lipinski definition) is 6. The number of alkyl carbamates (subject to hydrolysis) is 1. The van der Waals surface area contributed by atoms with Crippen molar-refractivity contribution < 1.29 is 19.1 Å². The molecule has 8 heteroatoms. The molecule has 0 saturated carbocycles. The Morgan fingerprint density at radius 3 is 2.60 bits per heavy atom. The van der Waals surface area contributed by atoms with Crippen LogP contribution in [0.25, 0.3) is 0 Å². The van der Waals surface area contributed by atoms with Crippen LogP contribution in [0.5, 0.6) is 0 Å². The number of piperidine rings is 1. The summed E-state index contributed by atoms with van der Waals surface area (Å²) in [5, 5.41) is 8.09. The number of allylic oxidation sites excluding steroid dienone is 1. The third kappa shape index (κ3) is 6.70. The summed E-state index contributed by atoms with van der Waals surface area (Å²) in [6.45, 7) is 5.38. The van der Waals surface area contributed by atoms with Gasteiger partial charge in [-0.2, -0.15) is 0 Å². The van der Waals surface area contributed by atoms with Crippen molar-refractivity contribution >= 4 is 29.7 Å². The summed E-state index contributed by atoms with van der Waals surface area (Å²) in [4.78, 5) is 35.9. The van der Waals surface area contributed by atoms with E-state index in [0.717, 1.165) is 31.7 Å². The lowest BCUT2D eigenvalue weighted by molar-refractivity contribution is -0.124. The number of hydrogen-bond donors (Lipinski definition) is 3. The van der Waals surface area contributed by atoms with Crippen LogP contribution in [-0.2, 0) is 14.3 Å². The molecule has 0 spiro atoms. The van der Waals surface area contributed by atoms with Gasteiger partial charge in [-0.25, -0.2) is 4.79 Å². The number of imide groups is 1. The largest absolute Gasteiger partial charge is 0.447 e. The van der Waals surface area contributed by atoms with Gasteiger partial charge in [0.05, 0.1) is 17.4 Å². The van der Waals surface area contributed by atoms with Crippen molar-refractivity contribution in [2.24, 2.45) is 11.8 Å². The molecule has 2 unspecified atom stereocenters. The maximum Gasteiger partial charge on any atom is 0.414 e. The molecule has 0 aromatic rings. The molecule has 2 saturated heterocycles. The van der Waals surface area contributed by atoms with Crippen LogP contribution in [0.1, 0.15) is 33.1 Å². The molecular formula is C17H27N3O4S. The highest BCUT2D eigenvalue weighted by Gasteiger charge is 2.35. The normalized spacial score (nSPS) is 24.4. The molecule has 2 fully saturated rings. The Labute approximate surface area is 152 Å². The summed E-state index contributed by atoms with van der Waals surface area (Å²) in [6.07, 6.45) is 5.17. The van der Waals surface area contributed by atoms with E-state index in [9.17, 15) is 14.4 Å². The first kappa shape index (κ1) is 19.8. The van der Waals surface area contributed by atoms with Crippen LogP contribution in [0.2, 0.25) is 0 Å². The quantitative estimate of drug-likeness (QED) is 0.634. The minimum Gasteiger partial charge on any atom is -0.447 e. The molecule has 2 rings (SSSR count). The third-order valence-corrected chi connectivity index (χ3v) is 5.46. The Hall–Kier alpha value is -1.54. The molecule has 2 atom stereocenters. The average molecular weight is 369 g/mol. The third-order valence-electron chi connectivity index (χ3n) is 4.18. The van der Waals surface area contributed by atoms with Crippen LogP contribution in [0.15, 0.2) is 12.2 Å². The van der Waals surface area contributed by atoms with Gasteiger partial charge in [0.25, 0.3) is 0 Å². The van der Waals surface area contributed by atoms with Gasteiger partial charge in [0.1, 0.15) is 0 Å². The maximum absolute atomic E-state index is 12.2. The molecule has 0 aromatic heterocycles. The summed E-state index contributed by atoms with van der Waals surface area (Å²) in [5.74, 6) is 0.165. The zero-order valence-electron chi connectivity index (χ0n) is 14.7. The summed E-state index contributed by atoms with van der Waals surface area (Å²) in [5.41, 5.74) is 0. The topological polar surface area (TPSA) is 96.5 Å². The molecule has 2 aliphatic heterocycles. The number of nitrogens with one attached hydrogen (secondary N) is 3. The Kier molecular flexibility index (Phi) is 7.77. The highest BCUT2D eigenvalue weighted by molar-refractivity contribution is 8.00.